The first-order valence-electron chi connectivity index (χ1n) is 9.11. The van der Waals surface area contributed by atoms with Crippen LogP contribution in [0.5, 0.6) is 0 Å². The molecule has 0 nitrogen and oxygen atoms in total. The van der Waals surface area contributed by atoms with Crippen molar-refractivity contribution in [3.63, 3.8) is 0 Å². The number of benzene rings is 2. The molecule has 3 aromatic carbocycles. The summed E-state index contributed by atoms with van der Waals surface area (Å²) in [4.78, 5) is 0. The van der Waals surface area contributed by atoms with Gasteiger partial charge in [0.25, 0.3) is 0 Å². The third kappa shape index (κ3) is 8.37. The van der Waals surface area contributed by atoms with E-state index in [4.69, 9.17) is 0 Å². The van der Waals surface area contributed by atoms with Gasteiger partial charge in [0.2, 0.25) is 0 Å². The van der Waals surface area contributed by atoms with Gasteiger partial charge >= 0.3 is 41.3 Å². The molecule has 0 aliphatic heterocycles. The molecule has 0 atom stereocenters. The van der Waals surface area contributed by atoms with Gasteiger partial charge in [0.05, 0.1) is 0 Å². The molecule has 1 aliphatic rings. The van der Waals surface area contributed by atoms with Crippen LogP contribution < -0.4 is 30.0 Å². The smallest absolute Gasteiger partial charge is 0.00392 e. The van der Waals surface area contributed by atoms with E-state index in [1.54, 1.807) is 29.4 Å². The van der Waals surface area contributed by atoms with Gasteiger partial charge < -0.3 is 24.8 Å². The van der Waals surface area contributed by atoms with Crippen molar-refractivity contribution < 1.29 is 49.0 Å². The average Bonchev–Trinajstić information content (AvgIpc) is 3.22. The molecule has 0 unspecified atom stereocenters. The maximum Gasteiger partial charge on any atom is 0.00392 e. The van der Waals surface area contributed by atoms with Gasteiger partial charge in [-0.2, -0.15) is 48.0 Å². The van der Waals surface area contributed by atoms with Crippen LogP contribution in [0.4, 0.5) is 0 Å². The third-order valence-corrected chi connectivity index (χ3v) is 6.21. The Balaban J connectivity index is 0.000000432. The van der Waals surface area contributed by atoms with Gasteiger partial charge in [0, 0.05) is 8.07 Å². The molecule has 0 aromatic heterocycles. The fourth-order valence-corrected chi connectivity index (χ4v) is 4.06. The molecule has 0 radical (unpaired) electrons. The molecule has 0 heterocycles. The molecule has 0 bridgehead atoms. The van der Waals surface area contributed by atoms with Crippen LogP contribution in [-0.4, -0.2) is 11.3 Å². The van der Waals surface area contributed by atoms with Crippen LogP contribution in [0.25, 0.3) is 11.1 Å². The SMILES string of the molecule is C[C](C)=[Zr+2].C[Si](C)(C)c1cc[cH-]c1.[Cl-].[Cl-].[c-]1cccc2c1Cc1ccccc1-2. The average molecular weight is 507 g/mol. The number of rotatable bonds is 1. The van der Waals surface area contributed by atoms with E-state index < -0.39 is 8.07 Å². The summed E-state index contributed by atoms with van der Waals surface area (Å²) in [5.41, 5.74) is 5.51. The molecule has 148 valence electrons. The molecule has 28 heavy (non-hydrogen) atoms. The Morgan fingerprint density at radius 2 is 1.57 bits per heavy atom. The number of halogens is 2. The zero-order valence-electron chi connectivity index (χ0n) is 17.3. The van der Waals surface area contributed by atoms with Crippen LogP contribution in [-0.2, 0) is 30.7 Å². The normalized spacial score (nSPS) is 10.5. The second-order valence-corrected chi connectivity index (χ2v) is 15.4. The van der Waals surface area contributed by atoms with Crippen LogP contribution in [0, 0.1) is 6.07 Å². The van der Waals surface area contributed by atoms with Crippen molar-refractivity contribution in [1.82, 2.24) is 0 Å². The molecule has 0 saturated heterocycles. The minimum Gasteiger partial charge on any atom is -1.00 e. The van der Waals surface area contributed by atoms with Crippen molar-refractivity contribution in [2.75, 3.05) is 0 Å². The molecule has 0 saturated carbocycles. The Labute approximate surface area is 199 Å². The zero-order valence-corrected chi connectivity index (χ0v) is 22.3. The van der Waals surface area contributed by atoms with Gasteiger partial charge in [-0.05, 0) is 6.42 Å². The van der Waals surface area contributed by atoms with Crippen LogP contribution in [0.2, 0.25) is 19.6 Å². The van der Waals surface area contributed by atoms with E-state index in [0.717, 1.165) is 6.42 Å². The summed E-state index contributed by atoms with van der Waals surface area (Å²) in [6, 6.07) is 26.8. The maximum absolute atomic E-state index is 3.30. The van der Waals surface area contributed by atoms with Crippen molar-refractivity contribution in [3.05, 3.63) is 83.9 Å². The summed E-state index contributed by atoms with van der Waals surface area (Å²) in [5, 5.41) is 1.56. The van der Waals surface area contributed by atoms with Crippen molar-refractivity contribution in [2.45, 2.75) is 39.9 Å². The summed E-state index contributed by atoms with van der Waals surface area (Å²) in [5.74, 6) is 0. The van der Waals surface area contributed by atoms with E-state index in [1.807, 2.05) is 6.07 Å². The summed E-state index contributed by atoms with van der Waals surface area (Å²) in [6.45, 7) is 11.3. The standard InChI is InChI=1S/C13H9.C8H13Si.C3H6.2ClH.Zr/c1-3-7-12-10(5-1)9-11-6-2-4-8-13(11)12;1-9(2,3)8-6-4-5-7-8;1-3-2;;;/h1-5,7-8H,9H2;4-7H,1-3H3;1-2H3;2*1H;/q2*-1;;;;+2/p-2. The summed E-state index contributed by atoms with van der Waals surface area (Å²) >= 11 is 1.55. The molecular weight excluding hydrogens is 478 g/mol. The quantitative estimate of drug-likeness (QED) is 0.247. The molecule has 1 aliphatic carbocycles. The minimum absolute atomic E-state index is 0. The first-order valence-corrected chi connectivity index (χ1v) is 13.8. The van der Waals surface area contributed by atoms with Gasteiger partial charge in [-0.1, -0.05) is 55.0 Å². The van der Waals surface area contributed by atoms with Crippen molar-refractivity contribution in [1.29, 1.82) is 0 Å². The summed E-state index contributed by atoms with van der Waals surface area (Å²) in [7, 11) is -0.981. The van der Waals surface area contributed by atoms with E-state index in [9.17, 15) is 0 Å². The van der Waals surface area contributed by atoms with Crippen LogP contribution in [0.15, 0.2) is 66.7 Å². The monoisotopic (exact) mass is 504 g/mol. The Bertz CT molecular complexity index is 802. The van der Waals surface area contributed by atoms with E-state index in [-0.39, 0.29) is 24.8 Å². The first kappa shape index (κ1) is 27.3. The fourth-order valence-electron chi connectivity index (χ4n) is 2.87. The number of fused-ring (bicyclic) bond motifs is 3. The second kappa shape index (κ2) is 12.8. The van der Waals surface area contributed by atoms with Gasteiger partial charge in [0.15, 0.2) is 0 Å². The molecule has 0 fully saturated rings. The summed E-state index contributed by atoms with van der Waals surface area (Å²) in [6.07, 6.45) is 1.05. The molecule has 0 amide bonds. The Morgan fingerprint density at radius 3 is 2.11 bits per heavy atom. The zero-order chi connectivity index (χ0) is 19.2. The van der Waals surface area contributed by atoms with Crippen molar-refractivity contribution in [2.24, 2.45) is 0 Å². The largest absolute Gasteiger partial charge is 1.00 e. The summed E-state index contributed by atoms with van der Waals surface area (Å²) < 4.78 is 1.51. The number of hydrogen-bond donors (Lipinski definition) is 0. The predicted octanol–water partition coefficient (Wildman–Crippen LogP) is -0.238. The van der Waals surface area contributed by atoms with Crippen LogP contribution in [0.1, 0.15) is 25.0 Å². The number of hydrogen-bond acceptors (Lipinski definition) is 0. The molecule has 4 rings (SSSR count). The Kier molecular flexibility index (Phi) is 12.5. The maximum atomic E-state index is 3.30. The second-order valence-electron chi connectivity index (χ2n) is 7.82. The van der Waals surface area contributed by atoms with Crippen molar-refractivity contribution >= 4 is 16.5 Å². The third-order valence-electron chi connectivity index (χ3n) is 4.15. The van der Waals surface area contributed by atoms with Crippen molar-refractivity contribution in [3.8, 4) is 11.1 Å². The van der Waals surface area contributed by atoms with Gasteiger partial charge in [-0.15, -0.1) is 5.56 Å². The Morgan fingerprint density at radius 1 is 0.964 bits per heavy atom. The van der Waals surface area contributed by atoms with E-state index in [2.05, 4.69) is 100 Å². The van der Waals surface area contributed by atoms with E-state index >= 15 is 0 Å². The topological polar surface area (TPSA) is 0 Å². The van der Waals surface area contributed by atoms with Crippen LogP contribution >= 0.6 is 0 Å². The van der Waals surface area contributed by atoms with Crippen LogP contribution in [0.3, 0.4) is 0 Å². The van der Waals surface area contributed by atoms with Gasteiger partial charge in [-0.3, -0.25) is 0 Å². The van der Waals surface area contributed by atoms with E-state index in [0.29, 0.717) is 0 Å². The minimum atomic E-state index is -0.981. The molecule has 0 spiro atoms. The molecule has 3 aromatic rings. The van der Waals surface area contributed by atoms with Gasteiger partial charge in [0.1, 0.15) is 0 Å². The van der Waals surface area contributed by atoms with Gasteiger partial charge in [-0.25, -0.2) is 11.3 Å². The fraction of sp³-hybridized carbons (Fsp3) is 0.250. The first-order chi connectivity index (χ1) is 12.3. The molecular formula is C24H28Cl2SiZr-2. The molecule has 0 N–H and O–H groups in total. The predicted molar refractivity (Wildman–Crippen MR) is 115 cm³/mol. The van der Waals surface area contributed by atoms with E-state index in [1.165, 1.54) is 25.5 Å². The Hall–Kier alpha value is -0.660. The molecule has 4 heteroatoms.